The van der Waals surface area contributed by atoms with Gasteiger partial charge in [0.15, 0.2) is 0 Å². The van der Waals surface area contributed by atoms with Crippen LogP contribution in [-0.2, 0) is 16.6 Å². The van der Waals surface area contributed by atoms with Gasteiger partial charge in [0.1, 0.15) is 11.5 Å². The Morgan fingerprint density at radius 2 is 1.75 bits per heavy atom. The Balaban J connectivity index is 1.90. The van der Waals surface area contributed by atoms with Gasteiger partial charge in [0.25, 0.3) is 5.69 Å². The van der Waals surface area contributed by atoms with E-state index in [-0.39, 0.29) is 16.4 Å². The molecule has 0 amide bonds. The summed E-state index contributed by atoms with van der Waals surface area (Å²) in [6.07, 6.45) is 2.57. The molecule has 0 N–H and O–H groups in total. The zero-order chi connectivity index (χ0) is 20.3. The molecule has 0 unspecified atom stereocenters. The molecule has 0 atom stereocenters. The van der Waals surface area contributed by atoms with Crippen LogP contribution in [0.2, 0.25) is 0 Å². The average Bonchev–Trinajstić information content (AvgIpc) is 2.69. The fourth-order valence-corrected chi connectivity index (χ4v) is 4.87. The molecule has 1 fully saturated rings. The van der Waals surface area contributed by atoms with Crippen molar-refractivity contribution >= 4 is 21.4 Å². The summed E-state index contributed by atoms with van der Waals surface area (Å²) >= 11 is 0. The van der Waals surface area contributed by atoms with Gasteiger partial charge in [-0.2, -0.15) is 4.31 Å². The molecular formula is C19H22FN3O4S. The highest BCUT2D eigenvalue weighted by molar-refractivity contribution is 7.89. The third-order valence-corrected chi connectivity index (χ3v) is 6.74. The molecule has 1 aliphatic heterocycles. The lowest BCUT2D eigenvalue weighted by atomic mass is 10.2. The Hall–Kier alpha value is -2.52. The Bertz CT molecular complexity index is 958. The van der Waals surface area contributed by atoms with Crippen LogP contribution in [0.5, 0.6) is 0 Å². The number of hydrogen-bond donors (Lipinski definition) is 0. The van der Waals surface area contributed by atoms with E-state index in [4.69, 9.17) is 0 Å². The van der Waals surface area contributed by atoms with Crippen LogP contribution in [0.4, 0.5) is 15.8 Å². The van der Waals surface area contributed by atoms with Gasteiger partial charge in [-0.15, -0.1) is 0 Å². The van der Waals surface area contributed by atoms with E-state index in [0.717, 1.165) is 30.9 Å². The molecule has 7 nitrogen and oxygen atoms in total. The second-order valence-corrected chi connectivity index (χ2v) is 8.79. The Labute approximate surface area is 163 Å². The molecule has 1 aliphatic rings. The molecule has 0 aromatic heterocycles. The van der Waals surface area contributed by atoms with Gasteiger partial charge < -0.3 is 4.90 Å². The Morgan fingerprint density at radius 1 is 1.11 bits per heavy atom. The van der Waals surface area contributed by atoms with Crippen molar-refractivity contribution in [2.75, 3.05) is 25.0 Å². The third kappa shape index (κ3) is 4.31. The lowest BCUT2D eigenvalue weighted by Gasteiger charge is -2.26. The molecule has 0 bridgehead atoms. The molecule has 28 heavy (non-hydrogen) atoms. The van der Waals surface area contributed by atoms with Crippen LogP contribution in [0.25, 0.3) is 0 Å². The average molecular weight is 407 g/mol. The van der Waals surface area contributed by atoms with Crippen molar-refractivity contribution < 1.29 is 17.7 Å². The quantitative estimate of drug-likeness (QED) is 0.540. The first-order valence-electron chi connectivity index (χ1n) is 9.03. The predicted octanol–water partition coefficient (Wildman–Crippen LogP) is 3.54. The van der Waals surface area contributed by atoms with Crippen LogP contribution in [0, 0.1) is 15.9 Å². The number of sulfonamides is 1. The van der Waals surface area contributed by atoms with Crippen LogP contribution in [0.3, 0.4) is 0 Å². The van der Waals surface area contributed by atoms with Crippen molar-refractivity contribution in [1.82, 2.24) is 4.31 Å². The van der Waals surface area contributed by atoms with Gasteiger partial charge in [0.05, 0.1) is 9.82 Å². The molecule has 2 aromatic rings. The van der Waals surface area contributed by atoms with E-state index < -0.39 is 14.9 Å². The Morgan fingerprint density at radius 3 is 2.36 bits per heavy atom. The molecular weight excluding hydrogens is 385 g/mol. The smallest absolute Gasteiger partial charge is 0.293 e. The zero-order valence-electron chi connectivity index (χ0n) is 15.5. The van der Waals surface area contributed by atoms with Gasteiger partial charge in [-0.3, -0.25) is 10.1 Å². The van der Waals surface area contributed by atoms with Crippen LogP contribution < -0.4 is 4.90 Å². The minimum Gasteiger partial charge on any atom is -0.365 e. The van der Waals surface area contributed by atoms with Crippen LogP contribution >= 0.6 is 0 Å². The monoisotopic (exact) mass is 407 g/mol. The lowest BCUT2D eigenvalue weighted by Crippen LogP contribution is -2.35. The number of piperidine rings is 1. The number of halogens is 1. The van der Waals surface area contributed by atoms with E-state index in [1.54, 1.807) is 24.1 Å². The van der Waals surface area contributed by atoms with E-state index in [1.807, 2.05) is 0 Å². The van der Waals surface area contributed by atoms with Gasteiger partial charge in [0, 0.05) is 32.7 Å². The summed E-state index contributed by atoms with van der Waals surface area (Å²) in [4.78, 5) is 12.6. The number of nitro benzene ring substituents is 1. The largest absolute Gasteiger partial charge is 0.365 e. The zero-order valence-corrected chi connectivity index (χ0v) is 16.4. The summed E-state index contributed by atoms with van der Waals surface area (Å²) in [5.74, 6) is -0.357. The molecule has 2 aromatic carbocycles. The second kappa shape index (κ2) is 8.24. The highest BCUT2D eigenvalue weighted by Crippen LogP contribution is 2.32. The van der Waals surface area contributed by atoms with E-state index in [9.17, 15) is 22.9 Å². The molecule has 0 radical (unpaired) electrons. The molecule has 3 rings (SSSR count). The van der Waals surface area contributed by atoms with Crippen molar-refractivity contribution in [2.24, 2.45) is 0 Å². The van der Waals surface area contributed by atoms with Gasteiger partial charge in [-0.1, -0.05) is 18.6 Å². The summed E-state index contributed by atoms with van der Waals surface area (Å²) in [7, 11) is -2.08. The highest BCUT2D eigenvalue weighted by Gasteiger charge is 2.29. The number of benzene rings is 2. The summed E-state index contributed by atoms with van der Waals surface area (Å²) in [5, 5.41) is 11.6. The van der Waals surface area contributed by atoms with Crippen LogP contribution in [0.1, 0.15) is 24.8 Å². The maximum Gasteiger partial charge on any atom is 0.293 e. The van der Waals surface area contributed by atoms with Crippen molar-refractivity contribution in [2.45, 2.75) is 30.7 Å². The first-order valence-corrected chi connectivity index (χ1v) is 10.5. The van der Waals surface area contributed by atoms with Gasteiger partial charge in [-0.25, -0.2) is 12.8 Å². The normalized spacial score (nSPS) is 15.4. The minimum absolute atomic E-state index is 0.0694. The van der Waals surface area contributed by atoms with Crippen molar-refractivity contribution in [3.05, 3.63) is 64.0 Å². The van der Waals surface area contributed by atoms with Crippen molar-refractivity contribution in [3.8, 4) is 0 Å². The third-order valence-electron chi connectivity index (χ3n) is 4.84. The first kappa shape index (κ1) is 20.2. The maximum atomic E-state index is 13.1. The molecule has 0 spiro atoms. The fourth-order valence-electron chi connectivity index (χ4n) is 3.34. The number of rotatable bonds is 6. The first-order chi connectivity index (χ1) is 13.3. The number of anilines is 1. The Kier molecular flexibility index (Phi) is 5.95. The van der Waals surface area contributed by atoms with E-state index in [1.165, 1.54) is 28.6 Å². The molecule has 1 heterocycles. The molecule has 1 saturated heterocycles. The SMILES string of the molecule is CN(Cc1ccc(F)cc1)c1ccc(S(=O)(=O)N2CCCCC2)cc1[N+](=O)[O-]. The predicted molar refractivity (Wildman–Crippen MR) is 104 cm³/mol. The lowest BCUT2D eigenvalue weighted by molar-refractivity contribution is -0.384. The van der Waals surface area contributed by atoms with Gasteiger partial charge in [0.2, 0.25) is 10.0 Å². The van der Waals surface area contributed by atoms with E-state index in [0.29, 0.717) is 25.3 Å². The summed E-state index contributed by atoms with van der Waals surface area (Å²) < 4.78 is 40.1. The fraction of sp³-hybridized carbons (Fsp3) is 0.368. The van der Waals surface area contributed by atoms with Gasteiger partial charge in [-0.05, 0) is 42.7 Å². The standard InChI is InChI=1S/C19H22FN3O4S/c1-21(14-15-5-7-16(20)8-6-15)18-10-9-17(13-19(18)23(24)25)28(26,27)22-11-3-2-4-12-22/h5-10,13H,2-4,11-12,14H2,1H3. The topological polar surface area (TPSA) is 83.8 Å². The highest BCUT2D eigenvalue weighted by atomic mass is 32.2. The summed E-state index contributed by atoms with van der Waals surface area (Å²) in [6.45, 7) is 1.18. The minimum atomic E-state index is -3.76. The van der Waals surface area contributed by atoms with E-state index >= 15 is 0 Å². The maximum absolute atomic E-state index is 13.1. The number of nitrogens with zero attached hydrogens (tertiary/aromatic N) is 3. The van der Waals surface area contributed by atoms with Crippen molar-refractivity contribution in [3.63, 3.8) is 0 Å². The number of nitro groups is 1. The summed E-state index contributed by atoms with van der Waals surface area (Å²) in [5.41, 5.74) is 0.804. The van der Waals surface area contributed by atoms with Crippen LogP contribution in [-0.4, -0.2) is 37.8 Å². The summed E-state index contributed by atoms with van der Waals surface area (Å²) in [6, 6.07) is 9.85. The van der Waals surface area contributed by atoms with Crippen LogP contribution in [0.15, 0.2) is 47.4 Å². The molecule has 150 valence electrons. The second-order valence-electron chi connectivity index (χ2n) is 6.85. The number of hydrogen-bond acceptors (Lipinski definition) is 5. The molecule has 0 aliphatic carbocycles. The molecule has 9 heteroatoms. The molecule has 0 saturated carbocycles. The van der Waals surface area contributed by atoms with E-state index in [2.05, 4.69) is 0 Å². The van der Waals surface area contributed by atoms with Gasteiger partial charge >= 0.3 is 0 Å². The van der Waals surface area contributed by atoms with Crippen molar-refractivity contribution in [1.29, 1.82) is 0 Å².